The summed E-state index contributed by atoms with van der Waals surface area (Å²) >= 11 is 5.09. The van der Waals surface area contributed by atoms with E-state index >= 15 is 0 Å². The number of hydrogen-bond acceptors (Lipinski definition) is 5. The summed E-state index contributed by atoms with van der Waals surface area (Å²) in [5, 5.41) is 11.1. The summed E-state index contributed by atoms with van der Waals surface area (Å²) in [6.45, 7) is 0.710. The summed E-state index contributed by atoms with van der Waals surface area (Å²) < 4.78 is 1.07. The highest BCUT2D eigenvalue weighted by molar-refractivity contribution is 9.10. The lowest BCUT2D eigenvalue weighted by atomic mass is 10.2. The van der Waals surface area contributed by atoms with Gasteiger partial charge in [-0.1, -0.05) is 0 Å². The van der Waals surface area contributed by atoms with Crippen molar-refractivity contribution in [2.24, 2.45) is 0 Å². The van der Waals surface area contributed by atoms with Crippen LogP contribution in [0.15, 0.2) is 28.2 Å². The Morgan fingerprint density at radius 3 is 2.94 bits per heavy atom. The van der Waals surface area contributed by atoms with Gasteiger partial charge in [0.2, 0.25) is 0 Å². The maximum atomic E-state index is 9.08. The van der Waals surface area contributed by atoms with Crippen molar-refractivity contribution >= 4 is 38.8 Å². The van der Waals surface area contributed by atoms with Crippen LogP contribution in [0.25, 0.3) is 0 Å². The van der Waals surface area contributed by atoms with Gasteiger partial charge in [-0.05, 0) is 28.1 Å². The first kappa shape index (κ1) is 12.9. The van der Waals surface area contributed by atoms with E-state index < -0.39 is 0 Å². The van der Waals surface area contributed by atoms with Crippen LogP contribution in [0.4, 0.5) is 11.5 Å². The first-order valence-electron chi connectivity index (χ1n) is 5.20. The van der Waals surface area contributed by atoms with E-state index in [2.05, 4.69) is 33.0 Å². The third-order valence-electron chi connectivity index (χ3n) is 2.38. The number of anilines is 2. The highest BCUT2D eigenvalue weighted by Crippen LogP contribution is 2.24. The van der Waals surface area contributed by atoms with Gasteiger partial charge in [0.05, 0.1) is 24.0 Å². The topological polar surface area (TPSA) is 65.9 Å². The van der Waals surface area contributed by atoms with E-state index in [9.17, 15) is 0 Å². The van der Waals surface area contributed by atoms with Crippen LogP contribution in [0.3, 0.4) is 0 Å². The number of pyridine rings is 1. The predicted molar refractivity (Wildman–Crippen MR) is 77.5 cm³/mol. The number of nitriles is 1. The van der Waals surface area contributed by atoms with E-state index in [1.807, 2.05) is 17.3 Å². The summed E-state index contributed by atoms with van der Waals surface area (Å²) in [6.07, 6.45) is 1.57. The van der Waals surface area contributed by atoms with Gasteiger partial charge in [-0.2, -0.15) is 5.26 Å². The Bertz CT molecular complexity index is 602. The van der Waals surface area contributed by atoms with E-state index in [0.29, 0.717) is 23.6 Å². The Morgan fingerprint density at radius 1 is 1.56 bits per heavy atom. The van der Waals surface area contributed by atoms with Crippen molar-refractivity contribution in [2.75, 3.05) is 17.7 Å². The Balaban J connectivity index is 2.24. The van der Waals surface area contributed by atoms with E-state index in [0.717, 1.165) is 4.47 Å². The smallest absolute Gasteiger partial charge is 0.146 e. The second-order valence-corrected chi connectivity index (χ2v) is 5.75. The minimum Gasteiger partial charge on any atom is -0.397 e. The molecule has 0 aromatic carbocycles. The van der Waals surface area contributed by atoms with Crippen LogP contribution in [-0.2, 0) is 6.54 Å². The van der Waals surface area contributed by atoms with Crippen LogP contribution >= 0.6 is 27.3 Å². The van der Waals surface area contributed by atoms with Gasteiger partial charge < -0.3 is 10.6 Å². The molecule has 2 N–H and O–H groups in total. The summed E-state index contributed by atoms with van der Waals surface area (Å²) in [5.74, 6) is 0.649. The molecule has 92 valence electrons. The maximum Gasteiger partial charge on any atom is 0.146 e. The molecule has 0 atom stereocenters. The summed E-state index contributed by atoms with van der Waals surface area (Å²) in [5.41, 5.74) is 6.62. The van der Waals surface area contributed by atoms with Crippen molar-refractivity contribution in [2.45, 2.75) is 6.54 Å². The van der Waals surface area contributed by atoms with Crippen LogP contribution in [0, 0.1) is 11.3 Å². The zero-order valence-electron chi connectivity index (χ0n) is 9.72. The molecule has 0 unspecified atom stereocenters. The van der Waals surface area contributed by atoms with Gasteiger partial charge in [-0.25, -0.2) is 4.98 Å². The number of nitrogens with zero attached hydrogens (tertiary/aromatic N) is 3. The van der Waals surface area contributed by atoms with E-state index in [-0.39, 0.29) is 0 Å². The number of rotatable bonds is 3. The van der Waals surface area contributed by atoms with Crippen LogP contribution in [0.5, 0.6) is 0 Å². The lowest BCUT2D eigenvalue weighted by molar-refractivity contribution is 0.909. The molecular weight excluding hydrogens is 312 g/mol. The summed E-state index contributed by atoms with van der Waals surface area (Å²) in [7, 11) is 1.91. The highest BCUT2D eigenvalue weighted by Gasteiger charge is 2.11. The minimum absolute atomic E-state index is 0.494. The molecule has 0 aliphatic carbocycles. The number of hydrogen-bond donors (Lipinski definition) is 1. The molecule has 0 amide bonds. The van der Waals surface area contributed by atoms with Crippen LogP contribution in [0.2, 0.25) is 0 Å². The van der Waals surface area contributed by atoms with Crippen LogP contribution in [-0.4, -0.2) is 12.0 Å². The first-order chi connectivity index (χ1) is 8.60. The largest absolute Gasteiger partial charge is 0.397 e. The molecule has 18 heavy (non-hydrogen) atoms. The molecule has 0 aliphatic heterocycles. The second-order valence-electron chi connectivity index (χ2n) is 3.84. The molecule has 0 spiro atoms. The Kier molecular flexibility index (Phi) is 3.84. The zero-order valence-corrected chi connectivity index (χ0v) is 12.1. The molecule has 2 heterocycles. The average Bonchev–Trinajstić information content (AvgIpc) is 2.74. The molecule has 0 fully saturated rings. The Hall–Kier alpha value is -1.58. The van der Waals surface area contributed by atoms with E-state index in [1.165, 1.54) is 4.88 Å². The monoisotopic (exact) mass is 322 g/mol. The lowest BCUT2D eigenvalue weighted by Gasteiger charge is -2.18. The molecule has 0 radical (unpaired) electrons. The van der Waals surface area contributed by atoms with E-state index in [4.69, 9.17) is 11.0 Å². The molecule has 0 saturated carbocycles. The Morgan fingerprint density at radius 2 is 2.33 bits per heavy atom. The standard InChI is InChI=1S/C12H11BrN4S/c1-17(6-11-3-9(13)7-18-11)12-8(4-14)2-10(15)5-16-12/h2-3,5,7H,6,15H2,1H3. The predicted octanol–water partition coefficient (Wildman–Crippen LogP) is 3.00. The number of nitrogen functional groups attached to an aromatic ring is 1. The SMILES string of the molecule is CN(Cc1cc(Br)cs1)c1ncc(N)cc1C#N. The summed E-state index contributed by atoms with van der Waals surface area (Å²) in [4.78, 5) is 7.36. The number of nitrogens with two attached hydrogens (primary N) is 1. The van der Waals surface area contributed by atoms with Crippen LogP contribution < -0.4 is 10.6 Å². The first-order valence-corrected chi connectivity index (χ1v) is 6.87. The van der Waals surface area contributed by atoms with Gasteiger partial charge in [0.15, 0.2) is 0 Å². The van der Waals surface area contributed by atoms with Crippen LogP contribution in [0.1, 0.15) is 10.4 Å². The van der Waals surface area contributed by atoms with E-state index in [1.54, 1.807) is 23.6 Å². The van der Waals surface area contributed by atoms with Crippen molar-refractivity contribution in [1.29, 1.82) is 5.26 Å². The molecule has 2 aromatic heterocycles. The number of aromatic nitrogens is 1. The van der Waals surface area contributed by atoms with Gasteiger partial charge >= 0.3 is 0 Å². The van der Waals surface area contributed by atoms with Gasteiger partial charge in [0.1, 0.15) is 11.9 Å². The fourth-order valence-corrected chi connectivity index (χ4v) is 3.11. The average molecular weight is 323 g/mol. The Labute approximate surface area is 118 Å². The maximum absolute atomic E-state index is 9.08. The molecule has 0 saturated heterocycles. The third kappa shape index (κ3) is 2.81. The van der Waals surface area contributed by atoms with Crippen molar-refractivity contribution in [1.82, 2.24) is 4.98 Å². The zero-order chi connectivity index (χ0) is 13.1. The molecular formula is C12H11BrN4S. The number of thiophene rings is 1. The van der Waals surface area contributed by atoms with Gasteiger partial charge in [0, 0.05) is 21.8 Å². The highest BCUT2D eigenvalue weighted by atomic mass is 79.9. The molecule has 6 heteroatoms. The van der Waals surface area contributed by atoms with Gasteiger partial charge in [0.25, 0.3) is 0 Å². The van der Waals surface area contributed by atoms with Crippen molar-refractivity contribution in [3.63, 3.8) is 0 Å². The molecule has 0 bridgehead atoms. The fourth-order valence-electron chi connectivity index (χ4n) is 1.61. The molecule has 0 aliphatic rings. The van der Waals surface area contributed by atoms with Crippen molar-refractivity contribution < 1.29 is 0 Å². The molecule has 4 nitrogen and oxygen atoms in total. The normalized spacial score (nSPS) is 10.1. The van der Waals surface area contributed by atoms with Gasteiger partial charge in [-0.3, -0.25) is 0 Å². The third-order valence-corrected chi connectivity index (χ3v) is 4.07. The fraction of sp³-hybridized carbons (Fsp3) is 0.167. The molecule has 2 aromatic rings. The molecule has 2 rings (SSSR count). The second kappa shape index (κ2) is 5.38. The summed E-state index contributed by atoms with van der Waals surface area (Å²) in [6, 6.07) is 5.82. The van der Waals surface area contributed by atoms with Crippen molar-refractivity contribution in [3.05, 3.63) is 38.6 Å². The number of halogens is 1. The lowest BCUT2D eigenvalue weighted by Crippen LogP contribution is -2.18. The quantitative estimate of drug-likeness (QED) is 0.943. The van der Waals surface area contributed by atoms with Crippen molar-refractivity contribution in [3.8, 4) is 6.07 Å². The minimum atomic E-state index is 0.494. The van der Waals surface area contributed by atoms with Gasteiger partial charge in [-0.15, -0.1) is 11.3 Å².